The Morgan fingerprint density at radius 1 is 0.667 bits per heavy atom. The highest BCUT2D eigenvalue weighted by molar-refractivity contribution is 4.93. The van der Waals surface area contributed by atoms with Gasteiger partial charge in [0.2, 0.25) is 0 Å². The molecule has 2 atom stereocenters. The fraction of sp³-hybridized carbons (Fsp3) is 1.00. The smallest absolute Gasteiger partial charge is 0.340 e. The van der Waals surface area contributed by atoms with Gasteiger partial charge in [0, 0.05) is 6.42 Å². The number of rotatable bonds is 17. The van der Waals surface area contributed by atoms with E-state index in [4.69, 9.17) is 9.47 Å². The third-order valence-corrected chi connectivity index (χ3v) is 4.92. The summed E-state index contributed by atoms with van der Waals surface area (Å²) in [4.78, 5) is 0. The lowest BCUT2D eigenvalue weighted by molar-refractivity contribution is -0.204. The van der Waals surface area contributed by atoms with Crippen LogP contribution in [-0.4, -0.2) is 28.6 Å². The molecule has 4 heteroatoms. The van der Waals surface area contributed by atoms with Gasteiger partial charge in [-0.25, -0.2) is 0 Å². The maximum Gasteiger partial charge on any atom is 0.340 e. The largest absolute Gasteiger partial charge is 0.359 e. The first-order chi connectivity index (χ1) is 11.6. The zero-order chi connectivity index (χ0) is 17.7. The number of ether oxygens (including phenoxy) is 2. The molecule has 0 amide bonds. The maximum absolute atomic E-state index is 10.2. The zero-order valence-corrected chi connectivity index (χ0v) is 16.0. The standard InChI is InChI=1S/C20H40O4/c1-3-5-7-9-10-11-12-13-14-15-17-19(21)20(22,24-19)23-18-16-8-6-4-2/h21-22H,3-18H2,1-2H3. The molecule has 144 valence electrons. The molecule has 1 saturated heterocycles. The molecule has 0 saturated carbocycles. The predicted molar refractivity (Wildman–Crippen MR) is 97.5 cm³/mol. The Kier molecular flexibility index (Phi) is 11.2. The summed E-state index contributed by atoms with van der Waals surface area (Å²) < 4.78 is 10.4. The predicted octanol–water partition coefficient (Wildman–Crippen LogP) is 5.26. The minimum atomic E-state index is -1.75. The normalized spacial score (nSPS) is 26.0. The second-order valence-electron chi connectivity index (χ2n) is 7.31. The minimum absolute atomic E-state index is 0.441. The van der Waals surface area contributed by atoms with Crippen molar-refractivity contribution in [1.29, 1.82) is 0 Å². The first-order valence-corrected chi connectivity index (χ1v) is 10.4. The molecule has 1 aliphatic heterocycles. The average Bonchev–Trinajstić information content (AvgIpc) is 3.10. The molecule has 1 fully saturated rings. The summed E-state index contributed by atoms with van der Waals surface area (Å²) in [6.07, 6.45) is 17.3. The molecule has 1 aliphatic rings. The molecule has 0 aromatic carbocycles. The van der Waals surface area contributed by atoms with E-state index in [1.54, 1.807) is 0 Å². The Morgan fingerprint density at radius 3 is 1.67 bits per heavy atom. The van der Waals surface area contributed by atoms with Crippen molar-refractivity contribution in [2.75, 3.05) is 6.61 Å². The summed E-state index contributed by atoms with van der Waals surface area (Å²) in [7, 11) is 0. The van der Waals surface area contributed by atoms with Gasteiger partial charge in [-0.3, -0.25) is 4.74 Å². The Morgan fingerprint density at radius 2 is 1.12 bits per heavy atom. The molecular weight excluding hydrogens is 304 g/mol. The van der Waals surface area contributed by atoms with E-state index in [1.807, 2.05) is 0 Å². The Balaban J connectivity index is 1.93. The molecule has 2 unspecified atom stereocenters. The van der Waals surface area contributed by atoms with Crippen molar-refractivity contribution in [2.24, 2.45) is 0 Å². The molecule has 1 heterocycles. The molecule has 0 bridgehead atoms. The second kappa shape index (κ2) is 12.2. The van der Waals surface area contributed by atoms with Crippen LogP contribution >= 0.6 is 0 Å². The van der Waals surface area contributed by atoms with Crippen LogP contribution in [0.5, 0.6) is 0 Å². The van der Waals surface area contributed by atoms with Crippen LogP contribution in [0.4, 0.5) is 0 Å². The summed E-state index contributed by atoms with van der Waals surface area (Å²) >= 11 is 0. The molecule has 0 spiro atoms. The molecule has 1 rings (SSSR count). The van der Waals surface area contributed by atoms with E-state index in [1.165, 1.54) is 64.2 Å². The monoisotopic (exact) mass is 344 g/mol. The van der Waals surface area contributed by atoms with Gasteiger partial charge in [-0.2, -0.15) is 0 Å². The molecule has 0 aliphatic carbocycles. The van der Waals surface area contributed by atoms with Gasteiger partial charge in [0.25, 0.3) is 5.79 Å². The number of aliphatic hydroxyl groups is 2. The van der Waals surface area contributed by atoms with Gasteiger partial charge in [-0.05, 0) is 12.8 Å². The fourth-order valence-corrected chi connectivity index (χ4v) is 3.15. The van der Waals surface area contributed by atoms with Crippen LogP contribution in [-0.2, 0) is 9.47 Å². The van der Waals surface area contributed by atoms with Gasteiger partial charge >= 0.3 is 5.97 Å². The van der Waals surface area contributed by atoms with E-state index >= 15 is 0 Å². The highest BCUT2D eigenvalue weighted by Crippen LogP contribution is 2.48. The topological polar surface area (TPSA) is 62.2 Å². The van der Waals surface area contributed by atoms with Crippen LogP contribution in [0.2, 0.25) is 0 Å². The first-order valence-electron chi connectivity index (χ1n) is 10.4. The average molecular weight is 345 g/mol. The summed E-state index contributed by atoms with van der Waals surface area (Å²) in [6.45, 7) is 4.84. The molecule has 0 aromatic heterocycles. The number of hydrogen-bond acceptors (Lipinski definition) is 4. The Labute approximate surface area is 148 Å². The van der Waals surface area contributed by atoms with Gasteiger partial charge in [0.1, 0.15) is 0 Å². The third-order valence-electron chi connectivity index (χ3n) is 4.92. The second-order valence-corrected chi connectivity index (χ2v) is 7.31. The van der Waals surface area contributed by atoms with Crippen LogP contribution in [0.15, 0.2) is 0 Å². The highest BCUT2D eigenvalue weighted by atomic mass is 17.0. The van der Waals surface area contributed by atoms with Crippen molar-refractivity contribution in [2.45, 2.75) is 122 Å². The van der Waals surface area contributed by atoms with Crippen molar-refractivity contribution in [1.82, 2.24) is 0 Å². The van der Waals surface area contributed by atoms with Crippen molar-refractivity contribution in [3.05, 3.63) is 0 Å². The zero-order valence-electron chi connectivity index (χ0n) is 16.0. The van der Waals surface area contributed by atoms with E-state index in [9.17, 15) is 10.2 Å². The van der Waals surface area contributed by atoms with Gasteiger partial charge in [-0.15, -0.1) is 0 Å². The molecule has 2 N–H and O–H groups in total. The summed E-state index contributed by atoms with van der Waals surface area (Å²) in [6, 6.07) is 0. The van der Waals surface area contributed by atoms with Gasteiger partial charge in [-0.1, -0.05) is 90.9 Å². The lowest BCUT2D eigenvalue weighted by Crippen LogP contribution is -2.29. The van der Waals surface area contributed by atoms with Crippen LogP contribution in [0.25, 0.3) is 0 Å². The Bertz CT molecular complexity index is 310. The van der Waals surface area contributed by atoms with Crippen LogP contribution in [0, 0.1) is 0 Å². The van der Waals surface area contributed by atoms with Crippen molar-refractivity contribution >= 4 is 0 Å². The minimum Gasteiger partial charge on any atom is -0.359 e. The Hall–Kier alpha value is -0.160. The fourth-order valence-electron chi connectivity index (χ4n) is 3.15. The maximum atomic E-state index is 10.2. The van der Waals surface area contributed by atoms with E-state index in [0.29, 0.717) is 13.0 Å². The molecule has 4 nitrogen and oxygen atoms in total. The number of unbranched alkanes of at least 4 members (excludes halogenated alkanes) is 12. The van der Waals surface area contributed by atoms with Crippen molar-refractivity contribution < 1.29 is 19.7 Å². The van der Waals surface area contributed by atoms with E-state index < -0.39 is 11.8 Å². The number of hydrogen-bond donors (Lipinski definition) is 2. The molecule has 24 heavy (non-hydrogen) atoms. The first kappa shape index (κ1) is 21.9. The van der Waals surface area contributed by atoms with Crippen molar-refractivity contribution in [3.63, 3.8) is 0 Å². The molecular formula is C20H40O4. The molecule has 0 aromatic rings. The van der Waals surface area contributed by atoms with Gasteiger partial charge < -0.3 is 14.9 Å². The summed E-state index contributed by atoms with van der Waals surface area (Å²) in [5.41, 5.74) is 0. The van der Waals surface area contributed by atoms with E-state index in [0.717, 1.165) is 25.7 Å². The summed E-state index contributed by atoms with van der Waals surface area (Å²) in [5.74, 6) is -3.23. The van der Waals surface area contributed by atoms with Gasteiger partial charge in [0.15, 0.2) is 0 Å². The summed E-state index contributed by atoms with van der Waals surface area (Å²) in [5, 5.41) is 20.2. The van der Waals surface area contributed by atoms with E-state index in [2.05, 4.69) is 13.8 Å². The third kappa shape index (κ3) is 8.28. The van der Waals surface area contributed by atoms with Crippen molar-refractivity contribution in [3.8, 4) is 0 Å². The SMILES string of the molecule is CCCCCCCCCCCCC1(O)OC1(O)OCCCCCC. The molecule has 0 radical (unpaired) electrons. The van der Waals surface area contributed by atoms with Crippen LogP contribution in [0.1, 0.15) is 110 Å². The number of epoxide rings is 1. The quantitative estimate of drug-likeness (QED) is 0.215. The lowest BCUT2D eigenvalue weighted by Gasteiger charge is -2.11. The van der Waals surface area contributed by atoms with Gasteiger partial charge in [0.05, 0.1) is 6.61 Å². The lowest BCUT2D eigenvalue weighted by atomic mass is 10.0. The van der Waals surface area contributed by atoms with Crippen LogP contribution in [0.3, 0.4) is 0 Å². The van der Waals surface area contributed by atoms with E-state index in [-0.39, 0.29) is 0 Å². The highest BCUT2D eigenvalue weighted by Gasteiger charge is 2.71. The van der Waals surface area contributed by atoms with Crippen LogP contribution < -0.4 is 0 Å².